The molecule has 2 unspecified atom stereocenters. The minimum Gasteiger partial charge on any atom is -0.301 e. The summed E-state index contributed by atoms with van der Waals surface area (Å²) in [6.45, 7) is 12.5. The van der Waals surface area contributed by atoms with Crippen LogP contribution in [0.4, 0.5) is 0 Å². The van der Waals surface area contributed by atoms with Gasteiger partial charge >= 0.3 is 0 Å². The van der Waals surface area contributed by atoms with E-state index < -0.39 is 0 Å². The second kappa shape index (κ2) is 10.2. The van der Waals surface area contributed by atoms with Crippen molar-refractivity contribution in [2.45, 2.75) is 65.3 Å². The molecule has 1 aliphatic heterocycles. The summed E-state index contributed by atoms with van der Waals surface area (Å²) in [5.74, 6) is 0.865. The highest BCUT2D eigenvalue weighted by Gasteiger charge is 2.24. The average Bonchev–Trinajstić information content (AvgIpc) is 2.49. The maximum atomic E-state index is 9.25. The van der Waals surface area contributed by atoms with Crippen molar-refractivity contribution in [1.29, 1.82) is 5.26 Å². The predicted molar refractivity (Wildman–Crippen MR) is 85.6 cm³/mol. The maximum absolute atomic E-state index is 9.25. The summed E-state index contributed by atoms with van der Waals surface area (Å²) < 4.78 is 0. The lowest BCUT2D eigenvalue weighted by molar-refractivity contribution is 0.0965. The topological polar surface area (TPSA) is 30.3 Å². The molecule has 3 nitrogen and oxygen atoms in total. The quantitative estimate of drug-likeness (QED) is 0.647. The van der Waals surface area contributed by atoms with E-state index in [1.54, 1.807) is 0 Å². The fourth-order valence-electron chi connectivity index (χ4n) is 3.14. The lowest BCUT2D eigenvalue weighted by Crippen LogP contribution is -2.50. The van der Waals surface area contributed by atoms with Crippen molar-refractivity contribution in [2.24, 2.45) is 5.92 Å². The summed E-state index contributed by atoms with van der Waals surface area (Å²) >= 11 is 0. The maximum Gasteiger partial charge on any atom is 0.0978 e. The van der Waals surface area contributed by atoms with Gasteiger partial charge in [0.15, 0.2) is 0 Å². The molecule has 3 heteroatoms. The third-order valence-corrected chi connectivity index (χ3v) is 4.62. The number of nitrogens with zero attached hydrogens (tertiary/aromatic N) is 3. The second-order valence-electron chi connectivity index (χ2n) is 6.19. The number of rotatable bonds is 9. The highest BCUT2D eigenvalue weighted by atomic mass is 15.3. The molecule has 1 heterocycles. The molecule has 1 saturated heterocycles. The van der Waals surface area contributed by atoms with Crippen molar-refractivity contribution in [1.82, 2.24) is 9.80 Å². The molecule has 1 fully saturated rings. The van der Waals surface area contributed by atoms with Crippen molar-refractivity contribution >= 4 is 0 Å². The number of hydrogen-bond donors (Lipinski definition) is 0. The lowest BCUT2D eigenvalue weighted by Gasteiger charge is -2.38. The Morgan fingerprint density at radius 2 is 1.70 bits per heavy atom. The average molecular weight is 279 g/mol. The van der Waals surface area contributed by atoms with Gasteiger partial charge < -0.3 is 4.90 Å². The van der Waals surface area contributed by atoms with Crippen LogP contribution in [-0.2, 0) is 0 Å². The van der Waals surface area contributed by atoms with Gasteiger partial charge in [0.25, 0.3) is 0 Å². The lowest BCUT2D eigenvalue weighted by atomic mass is 9.98. The fraction of sp³-hybridized carbons (Fsp3) is 0.941. The van der Waals surface area contributed by atoms with Crippen LogP contribution in [0.2, 0.25) is 0 Å². The smallest absolute Gasteiger partial charge is 0.0978 e. The molecule has 1 rings (SSSR count). The van der Waals surface area contributed by atoms with Gasteiger partial charge in [0.1, 0.15) is 0 Å². The van der Waals surface area contributed by atoms with Crippen LogP contribution in [0.25, 0.3) is 0 Å². The highest BCUT2D eigenvalue weighted by molar-refractivity contribution is 4.93. The zero-order valence-electron chi connectivity index (χ0n) is 13.8. The number of piperazine rings is 1. The second-order valence-corrected chi connectivity index (χ2v) is 6.19. The minimum absolute atomic E-state index is 0.143. The first-order valence-corrected chi connectivity index (χ1v) is 8.61. The Balaban J connectivity index is 2.32. The highest BCUT2D eigenvalue weighted by Crippen LogP contribution is 2.17. The van der Waals surface area contributed by atoms with Gasteiger partial charge in [-0.05, 0) is 18.8 Å². The third-order valence-electron chi connectivity index (χ3n) is 4.62. The molecule has 1 aliphatic rings. The number of hydrogen-bond acceptors (Lipinski definition) is 3. The third kappa shape index (κ3) is 5.81. The summed E-state index contributed by atoms with van der Waals surface area (Å²) in [5.41, 5.74) is 0. The molecule has 0 amide bonds. The van der Waals surface area contributed by atoms with Crippen LogP contribution in [0.1, 0.15) is 59.3 Å². The molecule has 0 N–H and O–H groups in total. The van der Waals surface area contributed by atoms with E-state index in [0.717, 1.165) is 44.9 Å². The van der Waals surface area contributed by atoms with E-state index >= 15 is 0 Å². The van der Waals surface area contributed by atoms with Crippen molar-refractivity contribution in [3.05, 3.63) is 0 Å². The van der Waals surface area contributed by atoms with E-state index in [0.29, 0.717) is 0 Å². The van der Waals surface area contributed by atoms with Gasteiger partial charge in [-0.25, -0.2) is 0 Å². The summed E-state index contributed by atoms with van der Waals surface area (Å²) in [4.78, 5) is 4.99. The van der Waals surface area contributed by atoms with E-state index in [1.807, 2.05) is 0 Å². The molecule has 0 aromatic rings. The normalized spacial score (nSPS) is 20.5. The molecule has 0 saturated carbocycles. The first kappa shape index (κ1) is 17.5. The van der Waals surface area contributed by atoms with Gasteiger partial charge in [0, 0.05) is 32.7 Å². The molecule has 0 bridgehead atoms. The summed E-state index contributed by atoms with van der Waals surface area (Å²) in [7, 11) is 0. The predicted octanol–water partition coefficient (Wildman–Crippen LogP) is 3.51. The molecule has 2 atom stereocenters. The molecular weight excluding hydrogens is 246 g/mol. The van der Waals surface area contributed by atoms with Crippen LogP contribution in [0.15, 0.2) is 0 Å². The summed E-state index contributed by atoms with van der Waals surface area (Å²) in [6, 6.07) is 2.62. The minimum atomic E-state index is 0.143. The van der Waals surface area contributed by atoms with E-state index in [-0.39, 0.29) is 6.04 Å². The molecule has 0 radical (unpaired) electrons. The molecule has 116 valence electrons. The molecular formula is C17H33N3. The summed E-state index contributed by atoms with van der Waals surface area (Å²) in [5, 5.41) is 9.25. The standard InChI is InChI=1S/C17H33N3/c1-4-7-9-16(6-3)15-19-10-12-20(13-11-19)17(14-18)8-5-2/h16-17H,4-13,15H2,1-3H3. The SMILES string of the molecule is CCCCC(CC)CN1CCN(C(C#N)CCC)CC1. The van der Waals surface area contributed by atoms with E-state index in [1.165, 1.54) is 32.2 Å². The van der Waals surface area contributed by atoms with Gasteiger partial charge in [-0.3, -0.25) is 4.90 Å². The van der Waals surface area contributed by atoms with Crippen LogP contribution >= 0.6 is 0 Å². The van der Waals surface area contributed by atoms with Crippen LogP contribution in [0.3, 0.4) is 0 Å². The first-order valence-electron chi connectivity index (χ1n) is 8.61. The van der Waals surface area contributed by atoms with Crippen molar-refractivity contribution in [3.63, 3.8) is 0 Å². The zero-order valence-corrected chi connectivity index (χ0v) is 13.8. The van der Waals surface area contributed by atoms with Crippen molar-refractivity contribution in [2.75, 3.05) is 32.7 Å². The molecule has 0 aromatic carbocycles. The fourth-order valence-corrected chi connectivity index (χ4v) is 3.14. The monoisotopic (exact) mass is 279 g/mol. The Morgan fingerprint density at radius 1 is 1.00 bits per heavy atom. The Hall–Kier alpha value is -0.590. The van der Waals surface area contributed by atoms with Gasteiger partial charge in [-0.2, -0.15) is 5.26 Å². The van der Waals surface area contributed by atoms with Gasteiger partial charge in [0.2, 0.25) is 0 Å². The Kier molecular flexibility index (Phi) is 8.89. The zero-order chi connectivity index (χ0) is 14.8. The Morgan fingerprint density at radius 3 is 2.20 bits per heavy atom. The Labute approximate surface area is 125 Å². The molecule has 0 aliphatic carbocycles. The van der Waals surface area contributed by atoms with E-state index in [2.05, 4.69) is 36.6 Å². The van der Waals surface area contributed by atoms with E-state index in [4.69, 9.17) is 0 Å². The summed E-state index contributed by atoms with van der Waals surface area (Å²) in [6.07, 6.45) is 7.48. The number of unbranched alkanes of at least 4 members (excludes halogenated alkanes) is 1. The van der Waals surface area contributed by atoms with Gasteiger partial charge in [-0.1, -0.05) is 46.5 Å². The molecule has 20 heavy (non-hydrogen) atoms. The van der Waals surface area contributed by atoms with E-state index in [9.17, 15) is 5.26 Å². The van der Waals surface area contributed by atoms with Gasteiger partial charge in [0.05, 0.1) is 12.1 Å². The van der Waals surface area contributed by atoms with Crippen molar-refractivity contribution < 1.29 is 0 Å². The van der Waals surface area contributed by atoms with Crippen LogP contribution in [0, 0.1) is 17.2 Å². The van der Waals surface area contributed by atoms with Crippen LogP contribution < -0.4 is 0 Å². The Bertz CT molecular complexity index is 276. The first-order chi connectivity index (χ1) is 9.74. The molecule has 0 spiro atoms. The van der Waals surface area contributed by atoms with Gasteiger partial charge in [-0.15, -0.1) is 0 Å². The largest absolute Gasteiger partial charge is 0.301 e. The number of nitriles is 1. The van der Waals surface area contributed by atoms with Crippen molar-refractivity contribution in [3.8, 4) is 6.07 Å². The molecule has 0 aromatic heterocycles. The van der Waals surface area contributed by atoms with Crippen LogP contribution in [0.5, 0.6) is 0 Å². The van der Waals surface area contributed by atoms with Crippen LogP contribution in [-0.4, -0.2) is 48.6 Å².